The van der Waals surface area contributed by atoms with Gasteiger partial charge in [0.1, 0.15) is 11.4 Å². The quantitative estimate of drug-likeness (QED) is 0.766. The first-order chi connectivity index (χ1) is 11.7. The predicted octanol–water partition coefficient (Wildman–Crippen LogP) is 1.56. The molecule has 1 saturated carbocycles. The van der Waals surface area contributed by atoms with E-state index in [1.165, 1.54) is 13.3 Å². The lowest BCUT2D eigenvalue weighted by Gasteiger charge is -2.27. The van der Waals surface area contributed by atoms with E-state index < -0.39 is 11.6 Å². The van der Waals surface area contributed by atoms with E-state index in [9.17, 15) is 9.59 Å². The fourth-order valence-electron chi connectivity index (χ4n) is 3.41. The van der Waals surface area contributed by atoms with Gasteiger partial charge in [-0.15, -0.1) is 0 Å². The van der Waals surface area contributed by atoms with Gasteiger partial charge in [0.05, 0.1) is 19.5 Å². The number of rotatable bonds is 3. The summed E-state index contributed by atoms with van der Waals surface area (Å²) in [5, 5.41) is 0. The normalized spacial score (nSPS) is 24.5. The second-order valence-electron chi connectivity index (χ2n) is 7.57. The zero-order chi connectivity index (χ0) is 18.4. The lowest BCUT2D eigenvalue weighted by Crippen LogP contribution is -2.39. The topological polar surface area (TPSA) is 84.9 Å². The molecule has 0 aromatic carbocycles. The van der Waals surface area contributed by atoms with E-state index >= 15 is 0 Å². The van der Waals surface area contributed by atoms with Crippen LogP contribution in [-0.2, 0) is 9.47 Å². The lowest BCUT2D eigenvalue weighted by atomic mass is 10.2. The Balaban J connectivity index is 1.56. The molecule has 0 bridgehead atoms. The number of fused-ring (bicyclic) bond motifs is 1. The zero-order valence-corrected chi connectivity index (χ0v) is 15.2. The molecule has 25 heavy (non-hydrogen) atoms. The Morgan fingerprint density at radius 1 is 1.20 bits per heavy atom. The first kappa shape index (κ1) is 17.4. The van der Waals surface area contributed by atoms with Gasteiger partial charge in [-0.05, 0) is 20.8 Å². The molecule has 2 heterocycles. The average Bonchev–Trinajstić information content (AvgIpc) is 3.05. The summed E-state index contributed by atoms with van der Waals surface area (Å²) in [6.07, 6.45) is 2.74. The van der Waals surface area contributed by atoms with Crippen molar-refractivity contribution >= 4 is 17.9 Å². The molecule has 1 aliphatic carbocycles. The summed E-state index contributed by atoms with van der Waals surface area (Å²) < 4.78 is 10.0. The minimum Gasteiger partial charge on any atom is -0.464 e. The van der Waals surface area contributed by atoms with Gasteiger partial charge in [-0.3, -0.25) is 0 Å². The number of piperidine rings is 1. The average molecular weight is 348 g/mol. The van der Waals surface area contributed by atoms with Gasteiger partial charge in [0.25, 0.3) is 0 Å². The summed E-state index contributed by atoms with van der Waals surface area (Å²) in [5.41, 5.74) is -0.295. The predicted molar refractivity (Wildman–Crippen MR) is 90.3 cm³/mol. The number of amides is 1. The van der Waals surface area contributed by atoms with E-state index in [-0.39, 0.29) is 17.8 Å². The summed E-state index contributed by atoms with van der Waals surface area (Å²) in [6.45, 7) is 7.23. The number of methoxy groups -OCH3 is 1. The van der Waals surface area contributed by atoms with Crippen molar-refractivity contribution in [1.82, 2.24) is 14.9 Å². The highest BCUT2D eigenvalue weighted by Crippen LogP contribution is 2.49. The van der Waals surface area contributed by atoms with Crippen LogP contribution in [-0.4, -0.2) is 65.8 Å². The first-order valence-corrected chi connectivity index (χ1v) is 8.32. The Bertz CT molecular complexity index is 658. The number of aromatic nitrogens is 2. The van der Waals surface area contributed by atoms with Crippen LogP contribution in [0.4, 0.5) is 10.6 Å². The highest BCUT2D eigenvalue weighted by atomic mass is 16.6. The van der Waals surface area contributed by atoms with E-state index in [1.807, 2.05) is 20.8 Å². The fourth-order valence-corrected chi connectivity index (χ4v) is 3.41. The monoisotopic (exact) mass is 348 g/mol. The largest absolute Gasteiger partial charge is 0.464 e. The summed E-state index contributed by atoms with van der Waals surface area (Å²) >= 11 is 0. The second kappa shape index (κ2) is 6.16. The van der Waals surface area contributed by atoms with Gasteiger partial charge < -0.3 is 19.3 Å². The van der Waals surface area contributed by atoms with Crippen molar-refractivity contribution < 1.29 is 19.1 Å². The van der Waals surface area contributed by atoms with Crippen LogP contribution in [0.3, 0.4) is 0 Å². The molecule has 3 rings (SSSR count). The third kappa shape index (κ3) is 3.52. The maximum Gasteiger partial charge on any atom is 0.410 e. The molecule has 0 spiro atoms. The molecule has 1 aromatic rings. The summed E-state index contributed by atoms with van der Waals surface area (Å²) in [7, 11) is 3.11. The van der Waals surface area contributed by atoms with E-state index in [4.69, 9.17) is 4.74 Å². The van der Waals surface area contributed by atoms with E-state index in [0.29, 0.717) is 11.8 Å². The molecule has 2 fully saturated rings. The molecule has 8 heteroatoms. The van der Waals surface area contributed by atoms with Crippen molar-refractivity contribution in [2.45, 2.75) is 32.4 Å². The summed E-state index contributed by atoms with van der Waals surface area (Å²) in [6, 6.07) is 0.216. The molecular formula is C17H24N4O4. The van der Waals surface area contributed by atoms with Crippen LogP contribution in [0.25, 0.3) is 0 Å². The van der Waals surface area contributed by atoms with Crippen LogP contribution in [0, 0.1) is 11.8 Å². The molecule has 1 amide bonds. The molecule has 2 aliphatic rings. The number of anilines is 1. The van der Waals surface area contributed by atoms with Crippen LogP contribution in [0.5, 0.6) is 0 Å². The Labute approximate surface area is 147 Å². The highest BCUT2D eigenvalue weighted by molar-refractivity contribution is 5.86. The smallest absolute Gasteiger partial charge is 0.410 e. The summed E-state index contributed by atoms with van der Waals surface area (Å²) in [5.74, 6) is 1.07. The van der Waals surface area contributed by atoms with Gasteiger partial charge in [0.15, 0.2) is 5.69 Å². The third-order valence-corrected chi connectivity index (χ3v) is 4.63. The standard InChI is InChI=1S/C17H24N4O4/c1-17(2,3)25-16(23)20(4)14-10-8-21(9-11(10)14)13-7-18-12(6-19-13)15(22)24-5/h6-7,10-11,14H,8-9H2,1-5H3. The van der Waals surface area contributed by atoms with Gasteiger partial charge >= 0.3 is 12.1 Å². The van der Waals surface area contributed by atoms with Gasteiger partial charge in [0.2, 0.25) is 0 Å². The van der Waals surface area contributed by atoms with Crippen molar-refractivity contribution in [2.24, 2.45) is 11.8 Å². The fraction of sp³-hybridized carbons (Fsp3) is 0.647. The lowest BCUT2D eigenvalue weighted by molar-refractivity contribution is 0.0268. The Kier molecular flexibility index (Phi) is 4.30. The molecular weight excluding hydrogens is 324 g/mol. The van der Waals surface area contributed by atoms with E-state index in [2.05, 4.69) is 19.6 Å². The molecule has 0 radical (unpaired) electrons. The van der Waals surface area contributed by atoms with Crippen molar-refractivity contribution in [3.63, 3.8) is 0 Å². The zero-order valence-electron chi connectivity index (χ0n) is 15.2. The number of esters is 1. The minimum absolute atomic E-state index is 0.193. The van der Waals surface area contributed by atoms with Crippen LogP contribution >= 0.6 is 0 Å². The van der Waals surface area contributed by atoms with Gasteiger partial charge in [-0.25, -0.2) is 19.6 Å². The minimum atomic E-state index is -0.498. The molecule has 2 atom stereocenters. The number of ether oxygens (including phenoxy) is 2. The van der Waals surface area contributed by atoms with Crippen LogP contribution in [0.1, 0.15) is 31.3 Å². The molecule has 2 unspecified atom stereocenters. The molecule has 1 aliphatic heterocycles. The number of hydrogen-bond donors (Lipinski definition) is 0. The second-order valence-corrected chi connectivity index (χ2v) is 7.57. The number of hydrogen-bond acceptors (Lipinski definition) is 7. The van der Waals surface area contributed by atoms with E-state index in [1.54, 1.807) is 18.1 Å². The van der Waals surface area contributed by atoms with E-state index in [0.717, 1.165) is 18.9 Å². The Morgan fingerprint density at radius 3 is 2.32 bits per heavy atom. The summed E-state index contributed by atoms with van der Waals surface area (Å²) in [4.78, 5) is 35.8. The first-order valence-electron chi connectivity index (χ1n) is 8.32. The number of carbonyl (C=O) groups excluding carboxylic acids is 2. The van der Waals surface area contributed by atoms with Crippen molar-refractivity contribution in [1.29, 1.82) is 0 Å². The highest BCUT2D eigenvalue weighted by Gasteiger charge is 2.59. The van der Waals surface area contributed by atoms with Gasteiger partial charge in [0, 0.05) is 38.0 Å². The Hall–Kier alpha value is -2.38. The molecule has 136 valence electrons. The van der Waals surface area contributed by atoms with Crippen molar-refractivity contribution in [2.75, 3.05) is 32.1 Å². The maximum absolute atomic E-state index is 12.2. The maximum atomic E-state index is 12.2. The number of carbonyl (C=O) groups is 2. The number of nitrogens with zero attached hydrogens (tertiary/aromatic N) is 4. The van der Waals surface area contributed by atoms with Crippen LogP contribution in [0.2, 0.25) is 0 Å². The van der Waals surface area contributed by atoms with Crippen LogP contribution < -0.4 is 4.90 Å². The SMILES string of the molecule is COC(=O)c1cnc(N2CC3C(C2)C3N(C)C(=O)OC(C)(C)C)cn1. The molecule has 1 aromatic heterocycles. The van der Waals surface area contributed by atoms with Crippen molar-refractivity contribution in [3.8, 4) is 0 Å². The molecule has 1 saturated heterocycles. The van der Waals surface area contributed by atoms with Crippen molar-refractivity contribution in [3.05, 3.63) is 18.1 Å². The van der Waals surface area contributed by atoms with Crippen LogP contribution in [0.15, 0.2) is 12.4 Å². The Morgan fingerprint density at radius 2 is 1.84 bits per heavy atom. The van der Waals surface area contributed by atoms with Gasteiger partial charge in [-0.2, -0.15) is 0 Å². The third-order valence-electron chi connectivity index (χ3n) is 4.63. The molecule has 0 N–H and O–H groups in total. The molecule has 8 nitrogen and oxygen atoms in total. The van der Waals surface area contributed by atoms with Gasteiger partial charge in [-0.1, -0.05) is 0 Å².